The molecule has 1 saturated heterocycles. The third-order valence-corrected chi connectivity index (χ3v) is 16.4. The van der Waals surface area contributed by atoms with Crippen molar-refractivity contribution in [3.05, 3.63) is 22.8 Å². The van der Waals surface area contributed by atoms with Crippen molar-refractivity contribution in [1.82, 2.24) is 0 Å². The number of fused-ring (bicyclic) bond motifs is 5. The molecule has 4 rings (SSSR count). The Hall–Kier alpha value is -2.67. The van der Waals surface area contributed by atoms with Crippen LogP contribution in [-0.4, -0.2) is 85.1 Å². The first-order chi connectivity index (χ1) is 21.7. The number of ether oxygens (including phenoxy) is 4. The number of aliphatic hydroxyl groups is 1. The second kappa shape index (κ2) is 12.7. The van der Waals surface area contributed by atoms with E-state index >= 15 is 4.79 Å². The van der Waals surface area contributed by atoms with Crippen LogP contribution in [0.15, 0.2) is 22.8 Å². The highest BCUT2D eigenvalue weighted by Gasteiger charge is 2.78. The number of carbonyl (C=O) groups excluding carboxylic acids is 5. The average Bonchev–Trinajstić information content (AvgIpc) is 2.96. The molecule has 0 spiro atoms. The zero-order valence-electron chi connectivity index (χ0n) is 29.7. The Labute approximate surface area is 278 Å². The van der Waals surface area contributed by atoms with Crippen molar-refractivity contribution >= 4 is 37.8 Å². The van der Waals surface area contributed by atoms with Gasteiger partial charge < -0.3 is 28.5 Å². The molecular formula is C35H52O11Si. The quantitative estimate of drug-likeness (QED) is 0.159. The molecule has 1 N–H and O–H groups in total. The van der Waals surface area contributed by atoms with E-state index in [-0.39, 0.29) is 24.2 Å². The molecule has 1 aliphatic heterocycles. The van der Waals surface area contributed by atoms with E-state index in [4.69, 9.17) is 23.4 Å². The van der Waals surface area contributed by atoms with Gasteiger partial charge in [0.1, 0.15) is 17.8 Å². The largest absolute Gasteiger partial charge is 0.456 e. The zero-order valence-corrected chi connectivity index (χ0v) is 30.7. The van der Waals surface area contributed by atoms with Crippen molar-refractivity contribution in [2.75, 3.05) is 6.61 Å². The van der Waals surface area contributed by atoms with E-state index in [0.29, 0.717) is 5.57 Å². The molecule has 262 valence electrons. The van der Waals surface area contributed by atoms with Crippen LogP contribution < -0.4 is 0 Å². The number of hydrogen-bond acceptors (Lipinski definition) is 11. The van der Waals surface area contributed by atoms with Gasteiger partial charge >= 0.3 is 17.9 Å². The Balaban J connectivity index is 2.17. The summed E-state index contributed by atoms with van der Waals surface area (Å²) in [5.74, 6) is -4.51. The van der Waals surface area contributed by atoms with Gasteiger partial charge in [-0.25, -0.2) is 4.79 Å². The van der Waals surface area contributed by atoms with E-state index in [1.54, 1.807) is 41.5 Å². The summed E-state index contributed by atoms with van der Waals surface area (Å²) in [5, 5.41) is 13.1. The predicted molar refractivity (Wildman–Crippen MR) is 173 cm³/mol. The van der Waals surface area contributed by atoms with Gasteiger partial charge in [0.2, 0.25) is 0 Å². The van der Waals surface area contributed by atoms with Crippen LogP contribution in [0.25, 0.3) is 0 Å². The monoisotopic (exact) mass is 676 g/mol. The van der Waals surface area contributed by atoms with Crippen molar-refractivity contribution in [2.24, 2.45) is 16.7 Å². The molecule has 12 heteroatoms. The molecule has 3 aliphatic carbocycles. The number of esters is 3. The van der Waals surface area contributed by atoms with Gasteiger partial charge in [-0.3, -0.25) is 19.2 Å². The van der Waals surface area contributed by atoms with Gasteiger partial charge in [0.15, 0.2) is 31.6 Å². The molecule has 1 heterocycles. The molecule has 47 heavy (non-hydrogen) atoms. The third kappa shape index (κ3) is 5.66. The number of hydrogen-bond donors (Lipinski definition) is 1. The zero-order chi connectivity index (χ0) is 35.5. The van der Waals surface area contributed by atoms with Crippen LogP contribution in [0, 0.1) is 16.7 Å². The molecule has 8 atom stereocenters. The highest BCUT2D eigenvalue weighted by Crippen LogP contribution is 2.64. The second-order valence-corrected chi connectivity index (χ2v) is 19.5. The Bertz CT molecular complexity index is 1400. The molecule has 0 radical (unpaired) electrons. The lowest BCUT2D eigenvalue weighted by Crippen LogP contribution is -2.82. The minimum atomic E-state index is -2.47. The SMILES string of the molecule is CC[Si](CC)(CC)O[C@H]1C[C@H]2OC[C@@]2(OC(C)=O)C2C(OC(=O)C=C(C)C)[C@]3(O)CC(=O)C(C)=C([C@@H](OC(C)=O)C(=O)[C@@]21C)C3(C)C. The summed E-state index contributed by atoms with van der Waals surface area (Å²) in [6, 6.07) is 2.27. The van der Waals surface area contributed by atoms with Crippen LogP contribution in [0.2, 0.25) is 18.1 Å². The van der Waals surface area contributed by atoms with Gasteiger partial charge in [-0.05, 0) is 57.0 Å². The second-order valence-electron chi connectivity index (χ2n) is 14.8. The summed E-state index contributed by atoms with van der Waals surface area (Å²) in [5.41, 5.74) is -5.81. The van der Waals surface area contributed by atoms with Crippen LogP contribution in [-0.2, 0) is 47.3 Å². The summed E-state index contributed by atoms with van der Waals surface area (Å²) >= 11 is 0. The average molecular weight is 677 g/mol. The van der Waals surface area contributed by atoms with E-state index in [1.807, 2.05) is 0 Å². The first kappa shape index (κ1) is 37.2. The third-order valence-electron chi connectivity index (χ3n) is 11.7. The molecule has 4 aliphatic rings. The van der Waals surface area contributed by atoms with Crippen LogP contribution in [0.3, 0.4) is 0 Å². The van der Waals surface area contributed by atoms with E-state index < -0.39 is 96.6 Å². The van der Waals surface area contributed by atoms with Crippen molar-refractivity contribution in [3.63, 3.8) is 0 Å². The van der Waals surface area contributed by atoms with E-state index in [1.165, 1.54) is 19.9 Å². The molecular weight excluding hydrogens is 624 g/mol. The Morgan fingerprint density at radius 2 is 1.57 bits per heavy atom. The molecule has 3 fully saturated rings. The van der Waals surface area contributed by atoms with Gasteiger partial charge in [0, 0.05) is 38.2 Å². The fourth-order valence-electron chi connectivity index (χ4n) is 8.81. The minimum Gasteiger partial charge on any atom is -0.456 e. The lowest BCUT2D eigenvalue weighted by molar-refractivity contribution is -0.344. The number of Topliss-reactive ketones (excluding diaryl/α,β-unsaturated/α-hetero) is 2. The molecule has 0 aromatic carbocycles. The first-order valence-electron chi connectivity index (χ1n) is 16.7. The standard InChI is InChI=1S/C35H52O11Si/c1-12-47(13-2,14-3)46-24-16-25-34(18-42-25,45-22(8)37)29-31(44-26(39)15-19(4)5)35(41)17-23(38)20(6)27(32(35,9)10)28(43-21(7)36)30(40)33(24,29)11/h15,24-25,28-29,31,41H,12-14,16-18H2,1-11H3/t24-,25+,28+,29?,31?,33+,34-,35+/m0/s1. The summed E-state index contributed by atoms with van der Waals surface area (Å²) in [6.45, 7) is 18.4. The van der Waals surface area contributed by atoms with Crippen LogP contribution in [0.1, 0.15) is 89.0 Å². The number of allylic oxidation sites excluding steroid dienone is 2. The molecule has 0 aromatic rings. The van der Waals surface area contributed by atoms with Gasteiger partial charge in [0.05, 0.1) is 24.0 Å². The lowest BCUT2D eigenvalue weighted by atomic mass is 9.44. The number of rotatable bonds is 9. The van der Waals surface area contributed by atoms with Gasteiger partial charge in [0.25, 0.3) is 0 Å². The molecule has 0 aromatic heterocycles. The number of carbonyl (C=O) groups is 5. The minimum absolute atomic E-state index is 0.142. The molecule has 2 unspecified atom stereocenters. The smallest absolute Gasteiger partial charge is 0.331 e. The van der Waals surface area contributed by atoms with Crippen LogP contribution in [0.5, 0.6) is 0 Å². The normalized spacial score (nSPS) is 36.1. The molecule has 11 nitrogen and oxygen atoms in total. The maximum absolute atomic E-state index is 15.5. The Kier molecular flexibility index (Phi) is 10.0. The van der Waals surface area contributed by atoms with Gasteiger partial charge in [-0.1, -0.05) is 40.2 Å². The van der Waals surface area contributed by atoms with Gasteiger partial charge in [-0.15, -0.1) is 0 Å². The van der Waals surface area contributed by atoms with E-state index in [0.717, 1.165) is 18.1 Å². The fraction of sp³-hybridized carbons (Fsp3) is 0.743. The summed E-state index contributed by atoms with van der Waals surface area (Å²) in [6.07, 6.45) is -3.77. The number of ketones is 2. The van der Waals surface area contributed by atoms with Gasteiger partial charge in [-0.2, -0.15) is 0 Å². The maximum atomic E-state index is 15.5. The Morgan fingerprint density at radius 1 is 0.979 bits per heavy atom. The lowest BCUT2D eigenvalue weighted by Gasteiger charge is -2.68. The van der Waals surface area contributed by atoms with Crippen molar-refractivity contribution in [3.8, 4) is 0 Å². The Morgan fingerprint density at radius 3 is 2.04 bits per heavy atom. The van der Waals surface area contributed by atoms with E-state index in [9.17, 15) is 24.3 Å². The van der Waals surface area contributed by atoms with Crippen LogP contribution in [0.4, 0.5) is 0 Å². The maximum Gasteiger partial charge on any atom is 0.331 e. The predicted octanol–water partition coefficient (Wildman–Crippen LogP) is 4.54. The van der Waals surface area contributed by atoms with E-state index in [2.05, 4.69) is 20.8 Å². The van der Waals surface area contributed by atoms with Crippen molar-refractivity contribution < 1.29 is 52.5 Å². The van der Waals surface area contributed by atoms with Crippen molar-refractivity contribution in [2.45, 2.75) is 143 Å². The van der Waals surface area contributed by atoms with Crippen molar-refractivity contribution in [1.29, 1.82) is 0 Å². The highest BCUT2D eigenvalue weighted by molar-refractivity contribution is 6.73. The topological polar surface area (TPSA) is 152 Å². The summed E-state index contributed by atoms with van der Waals surface area (Å²) < 4.78 is 31.5. The summed E-state index contributed by atoms with van der Waals surface area (Å²) in [7, 11) is -2.47. The molecule has 2 saturated carbocycles. The molecule has 0 amide bonds. The molecule has 2 bridgehead atoms. The van der Waals surface area contributed by atoms with Crippen LogP contribution >= 0.6 is 0 Å². The fourth-order valence-corrected chi connectivity index (χ4v) is 11.8. The highest BCUT2D eigenvalue weighted by atomic mass is 28.4. The summed E-state index contributed by atoms with van der Waals surface area (Å²) in [4.78, 5) is 68.5. The first-order valence-corrected chi connectivity index (χ1v) is 19.3.